The minimum atomic E-state index is -0.0552. The van der Waals surface area contributed by atoms with Gasteiger partial charge < -0.3 is 14.4 Å². The average molecular weight is 447 g/mol. The third-order valence-electron chi connectivity index (χ3n) is 8.73. The number of likely N-dealkylation sites (tertiary alicyclic amines) is 2. The van der Waals surface area contributed by atoms with Crippen LogP contribution in [0.25, 0.3) is 0 Å². The monoisotopic (exact) mass is 446 g/mol. The fourth-order valence-corrected chi connectivity index (χ4v) is 6.77. The van der Waals surface area contributed by atoms with Gasteiger partial charge in [0.05, 0.1) is 14.2 Å². The first-order valence-corrected chi connectivity index (χ1v) is 12.4. The second-order valence-corrected chi connectivity index (χ2v) is 10.5. The zero-order chi connectivity index (χ0) is 22.6. The van der Waals surface area contributed by atoms with E-state index in [0.717, 1.165) is 48.9 Å². The molecule has 2 heterocycles. The molecule has 0 spiro atoms. The van der Waals surface area contributed by atoms with E-state index < -0.39 is 0 Å². The smallest absolute Gasteiger partial charge is 0.223 e. The maximum atomic E-state index is 13.6. The van der Waals surface area contributed by atoms with Gasteiger partial charge in [-0.15, -0.1) is 0 Å². The lowest BCUT2D eigenvalue weighted by Crippen LogP contribution is -2.66. The molecular formula is C28H34N2O3. The van der Waals surface area contributed by atoms with Crippen molar-refractivity contribution in [1.82, 2.24) is 9.80 Å². The Bertz CT molecular complexity index is 1050. The number of methoxy groups -OCH3 is 2. The fraction of sp³-hybridized carbons (Fsp3) is 0.536. The van der Waals surface area contributed by atoms with Crippen molar-refractivity contribution >= 4 is 5.91 Å². The Kier molecular flexibility index (Phi) is 5.13. The number of benzene rings is 2. The minimum absolute atomic E-state index is 0.0552. The van der Waals surface area contributed by atoms with Crippen LogP contribution in [-0.4, -0.2) is 55.6 Å². The van der Waals surface area contributed by atoms with Gasteiger partial charge in [0, 0.05) is 43.4 Å². The number of carbonyl (C=O) groups is 1. The maximum Gasteiger partial charge on any atom is 0.223 e. The number of nitrogens with zero attached hydrogens (tertiary/aromatic N) is 2. The molecule has 2 aliphatic carbocycles. The molecule has 2 saturated heterocycles. The van der Waals surface area contributed by atoms with Gasteiger partial charge in [-0.25, -0.2) is 0 Å². The molecule has 0 aromatic heterocycles. The van der Waals surface area contributed by atoms with Crippen molar-refractivity contribution in [3.05, 3.63) is 59.2 Å². The lowest BCUT2D eigenvalue weighted by Gasteiger charge is -2.60. The van der Waals surface area contributed by atoms with Crippen LogP contribution in [0.1, 0.15) is 42.4 Å². The topological polar surface area (TPSA) is 42.0 Å². The third kappa shape index (κ3) is 3.61. The first kappa shape index (κ1) is 21.0. The van der Waals surface area contributed by atoms with Crippen molar-refractivity contribution in [2.24, 2.45) is 11.8 Å². The molecule has 1 amide bonds. The van der Waals surface area contributed by atoms with E-state index in [1.165, 1.54) is 30.5 Å². The molecule has 3 fully saturated rings. The van der Waals surface area contributed by atoms with Gasteiger partial charge >= 0.3 is 0 Å². The third-order valence-corrected chi connectivity index (χ3v) is 8.73. The second-order valence-electron chi connectivity index (χ2n) is 10.5. The number of amides is 1. The summed E-state index contributed by atoms with van der Waals surface area (Å²) in [5.41, 5.74) is 3.92. The SMILES string of the molecule is COc1ccc(CN2C[C@H]3[C@H]4Cc5ccc(OC)cc5[C@@]3(CCN4CC3CC3)CC2=O)cc1. The Labute approximate surface area is 196 Å². The van der Waals surface area contributed by atoms with Gasteiger partial charge in [0.1, 0.15) is 11.5 Å². The number of hydrogen-bond donors (Lipinski definition) is 0. The van der Waals surface area contributed by atoms with Crippen molar-refractivity contribution in [3.8, 4) is 11.5 Å². The van der Waals surface area contributed by atoms with Crippen LogP contribution >= 0.6 is 0 Å². The molecule has 2 aliphatic heterocycles. The Hall–Kier alpha value is -2.53. The Morgan fingerprint density at radius 2 is 1.79 bits per heavy atom. The van der Waals surface area contributed by atoms with E-state index in [-0.39, 0.29) is 11.3 Å². The van der Waals surface area contributed by atoms with Crippen molar-refractivity contribution < 1.29 is 14.3 Å². The molecule has 0 unspecified atom stereocenters. The molecular weight excluding hydrogens is 412 g/mol. The van der Waals surface area contributed by atoms with Gasteiger partial charge in [0.15, 0.2) is 0 Å². The predicted molar refractivity (Wildman–Crippen MR) is 128 cm³/mol. The molecule has 5 heteroatoms. The zero-order valence-electron chi connectivity index (χ0n) is 19.8. The quantitative estimate of drug-likeness (QED) is 0.672. The van der Waals surface area contributed by atoms with Crippen LogP contribution in [0.4, 0.5) is 0 Å². The van der Waals surface area contributed by atoms with E-state index >= 15 is 0 Å². The number of rotatable bonds is 6. The normalized spacial score (nSPS) is 28.8. The molecule has 4 aliphatic rings. The Balaban J connectivity index is 1.34. The number of carbonyl (C=O) groups excluding carboxylic acids is 1. The summed E-state index contributed by atoms with van der Waals surface area (Å²) in [4.78, 5) is 18.4. The van der Waals surface area contributed by atoms with Crippen LogP contribution in [-0.2, 0) is 23.2 Å². The number of ether oxygens (including phenoxy) is 2. The number of fused-ring (bicyclic) bond motifs is 1. The van der Waals surface area contributed by atoms with Crippen LogP contribution in [0.3, 0.4) is 0 Å². The highest BCUT2D eigenvalue weighted by atomic mass is 16.5. The van der Waals surface area contributed by atoms with Gasteiger partial charge in [-0.05, 0) is 79.1 Å². The minimum Gasteiger partial charge on any atom is -0.497 e. The van der Waals surface area contributed by atoms with Gasteiger partial charge in [-0.2, -0.15) is 0 Å². The molecule has 33 heavy (non-hydrogen) atoms. The lowest BCUT2D eigenvalue weighted by molar-refractivity contribution is -0.145. The van der Waals surface area contributed by atoms with Crippen molar-refractivity contribution in [2.75, 3.05) is 33.9 Å². The fourth-order valence-electron chi connectivity index (χ4n) is 6.77. The van der Waals surface area contributed by atoms with Crippen LogP contribution in [0.15, 0.2) is 42.5 Å². The highest BCUT2D eigenvalue weighted by Gasteiger charge is 2.57. The molecule has 0 radical (unpaired) electrons. The molecule has 174 valence electrons. The van der Waals surface area contributed by atoms with E-state index in [0.29, 0.717) is 24.9 Å². The lowest BCUT2D eigenvalue weighted by atomic mass is 9.54. The summed E-state index contributed by atoms with van der Waals surface area (Å²) in [5, 5.41) is 0. The molecule has 2 aromatic rings. The Morgan fingerprint density at radius 3 is 2.52 bits per heavy atom. The van der Waals surface area contributed by atoms with Crippen molar-refractivity contribution in [2.45, 2.75) is 50.1 Å². The first-order chi connectivity index (χ1) is 16.1. The van der Waals surface area contributed by atoms with Crippen LogP contribution in [0, 0.1) is 11.8 Å². The molecule has 6 rings (SSSR count). The van der Waals surface area contributed by atoms with Crippen molar-refractivity contribution in [1.29, 1.82) is 0 Å². The average Bonchev–Trinajstić information content (AvgIpc) is 3.66. The van der Waals surface area contributed by atoms with Gasteiger partial charge in [-0.1, -0.05) is 18.2 Å². The standard InChI is InChI=1S/C28H34N2O3/c1-32-22-8-5-20(6-9-22)17-30-18-25-26-13-21-7-10-23(33-2)14-24(21)28(25,15-27(30)31)11-12-29(26)16-19-3-4-19/h5-10,14,19,25-26H,3-4,11-13,15-18H2,1-2H3/t25-,26+,28+/m0/s1. The molecule has 0 N–H and O–H groups in total. The molecule has 5 nitrogen and oxygen atoms in total. The van der Waals surface area contributed by atoms with Crippen LogP contribution < -0.4 is 9.47 Å². The second kappa shape index (κ2) is 8.05. The van der Waals surface area contributed by atoms with E-state index in [1.54, 1.807) is 14.2 Å². The number of hydrogen-bond acceptors (Lipinski definition) is 4. The molecule has 1 saturated carbocycles. The van der Waals surface area contributed by atoms with E-state index in [9.17, 15) is 4.79 Å². The van der Waals surface area contributed by atoms with Crippen LogP contribution in [0.2, 0.25) is 0 Å². The summed E-state index contributed by atoms with van der Waals surface area (Å²) in [7, 11) is 3.42. The summed E-state index contributed by atoms with van der Waals surface area (Å²) < 4.78 is 10.9. The summed E-state index contributed by atoms with van der Waals surface area (Å²) in [6.45, 7) is 3.86. The highest BCUT2D eigenvalue weighted by molar-refractivity contribution is 5.80. The molecule has 3 atom stereocenters. The van der Waals surface area contributed by atoms with Gasteiger partial charge in [-0.3, -0.25) is 9.69 Å². The summed E-state index contributed by atoms with van der Waals surface area (Å²) >= 11 is 0. The molecule has 2 bridgehead atoms. The summed E-state index contributed by atoms with van der Waals surface area (Å²) in [6, 6.07) is 15.2. The van der Waals surface area contributed by atoms with E-state index in [1.807, 2.05) is 12.1 Å². The predicted octanol–water partition coefficient (Wildman–Crippen LogP) is 4.03. The summed E-state index contributed by atoms with van der Waals surface area (Å²) in [6.07, 6.45) is 5.54. The largest absolute Gasteiger partial charge is 0.497 e. The number of piperidine rings is 2. The van der Waals surface area contributed by atoms with E-state index in [2.05, 4.69) is 40.1 Å². The Morgan fingerprint density at radius 1 is 1.03 bits per heavy atom. The zero-order valence-corrected chi connectivity index (χ0v) is 19.8. The maximum absolute atomic E-state index is 13.6. The first-order valence-electron chi connectivity index (χ1n) is 12.4. The van der Waals surface area contributed by atoms with Gasteiger partial charge in [0.2, 0.25) is 5.91 Å². The summed E-state index contributed by atoms with van der Waals surface area (Å²) in [5.74, 6) is 3.41. The molecule has 2 aromatic carbocycles. The van der Waals surface area contributed by atoms with Crippen LogP contribution in [0.5, 0.6) is 11.5 Å². The van der Waals surface area contributed by atoms with E-state index in [4.69, 9.17) is 9.47 Å². The van der Waals surface area contributed by atoms with Crippen molar-refractivity contribution in [3.63, 3.8) is 0 Å². The van der Waals surface area contributed by atoms with Gasteiger partial charge in [0.25, 0.3) is 0 Å². The highest BCUT2D eigenvalue weighted by Crippen LogP contribution is 2.54.